The van der Waals surface area contributed by atoms with Gasteiger partial charge in [-0.25, -0.2) is 9.97 Å². The molecule has 2 rings (SSSR count). The van der Waals surface area contributed by atoms with Crippen LogP contribution < -0.4 is 0 Å². The van der Waals surface area contributed by atoms with Gasteiger partial charge in [0.2, 0.25) is 0 Å². The van der Waals surface area contributed by atoms with Gasteiger partial charge in [-0.3, -0.25) is 0 Å². The van der Waals surface area contributed by atoms with Gasteiger partial charge in [0.25, 0.3) is 0 Å². The molecule has 0 bridgehead atoms. The zero-order chi connectivity index (χ0) is 17.7. The Balaban J connectivity index is 1.52. The second-order valence-corrected chi connectivity index (χ2v) is 8.10. The molecule has 1 heterocycles. The Labute approximate surface area is 156 Å². The minimum Gasteiger partial charge on any atom is -0.241 e. The third kappa shape index (κ3) is 8.33. The normalized spacial score (nSPS) is 20.7. The lowest BCUT2D eigenvalue weighted by Gasteiger charge is -2.24. The minimum atomic E-state index is 0.573. The van der Waals surface area contributed by atoms with Crippen molar-refractivity contribution in [3.05, 3.63) is 30.7 Å². The van der Waals surface area contributed by atoms with E-state index >= 15 is 0 Å². The summed E-state index contributed by atoms with van der Waals surface area (Å²) < 4.78 is 0. The zero-order valence-corrected chi connectivity index (χ0v) is 16.5. The minimum absolute atomic E-state index is 0.573. The van der Waals surface area contributed by atoms with Crippen molar-refractivity contribution in [1.82, 2.24) is 9.97 Å². The number of unbranched alkanes of at least 4 members (excludes halogenated alkanes) is 9. The number of hydrogen-bond donors (Lipinski definition) is 0. The van der Waals surface area contributed by atoms with Gasteiger partial charge in [-0.2, -0.15) is 0 Å². The van der Waals surface area contributed by atoms with E-state index in [2.05, 4.69) is 36.2 Å². The molecule has 1 radical (unpaired) electrons. The van der Waals surface area contributed by atoms with Crippen LogP contribution in [0.15, 0.2) is 12.4 Å². The number of hydrogen-bond acceptors (Lipinski definition) is 2. The second-order valence-electron chi connectivity index (χ2n) is 8.10. The monoisotopic (exact) mass is 343 g/mol. The van der Waals surface area contributed by atoms with Crippen LogP contribution >= 0.6 is 0 Å². The van der Waals surface area contributed by atoms with Gasteiger partial charge in [-0.1, -0.05) is 71.6 Å². The molecular formula is C23H39N2. The topological polar surface area (TPSA) is 25.8 Å². The second kappa shape index (κ2) is 12.4. The van der Waals surface area contributed by atoms with Crippen molar-refractivity contribution < 1.29 is 0 Å². The molecule has 1 aliphatic rings. The maximum Gasteiger partial charge on any atom is 0.131 e. The highest BCUT2D eigenvalue weighted by molar-refractivity contribution is 5.08. The van der Waals surface area contributed by atoms with Crippen molar-refractivity contribution in [1.29, 1.82) is 0 Å². The molecule has 2 nitrogen and oxygen atoms in total. The maximum atomic E-state index is 4.66. The van der Waals surface area contributed by atoms with E-state index in [9.17, 15) is 0 Å². The van der Waals surface area contributed by atoms with Crippen LogP contribution in [0.3, 0.4) is 0 Å². The Bertz CT molecular complexity index is 432. The summed E-state index contributed by atoms with van der Waals surface area (Å²) >= 11 is 0. The average Bonchev–Trinajstić information content (AvgIpc) is 2.64. The number of rotatable bonds is 12. The van der Waals surface area contributed by atoms with Crippen LogP contribution in [0.4, 0.5) is 0 Å². The number of aryl methyl sites for hydroxylation is 1. The van der Waals surface area contributed by atoms with Crippen molar-refractivity contribution >= 4 is 0 Å². The van der Waals surface area contributed by atoms with E-state index in [1.807, 2.05) is 0 Å². The smallest absolute Gasteiger partial charge is 0.131 e. The van der Waals surface area contributed by atoms with Crippen LogP contribution in [-0.4, -0.2) is 9.97 Å². The van der Waals surface area contributed by atoms with E-state index in [0.29, 0.717) is 11.8 Å². The highest BCUT2D eigenvalue weighted by Gasteiger charge is 2.21. The van der Waals surface area contributed by atoms with Crippen LogP contribution in [0.5, 0.6) is 0 Å². The molecule has 0 amide bonds. The maximum absolute atomic E-state index is 4.66. The summed E-state index contributed by atoms with van der Waals surface area (Å²) in [4.78, 5) is 9.32. The van der Waals surface area contributed by atoms with E-state index in [1.165, 1.54) is 95.5 Å². The molecule has 0 unspecified atom stereocenters. The fourth-order valence-electron chi connectivity index (χ4n) is 3.94. The fraction of sp³-hybridized carbons (Fsp3) is 0.783. The van der Waals surface area contributed by atoms with Crippen LogP contribution in [0, 0.1) is 12.8 Å². The summed E-state index contributed by atoms with van der Waals surface area (Å²) in [6, 6.07) is 0. The summed E-state index contributed by atoms with van der Waals surface area (Å²) in [5.74, 6) is 2.29. The van der Waals surface area contributed by atoms with Gasteiger partial charge < -0.3 is 0 Å². The lowest BCUT2D eigenvalue weighted by Crippen LogP contribution is -2.13. The summed E-state index contributed by atoms with van der Waals surface area (Å²) in [5.41, 5.74) is 1.31. The highest BCUT2D eigenvalue weighted by Crippen LogP contribution is 2.33. The molecule has 0 N–H and O–H groups in total. The predicted octanol–water partition coefficient (Wildman–Crippen LogP) is 7.05. The molecule has 2 heteroatoms. The van der Waals surface area contributed by atoms with Crippen LogP contribution in [-0.2, 0) is 6.42 Å². The zero-order valence-electron chi connectivity index (χ0n) is 16.5. The third-order valence-corrected chi connectivity index (χ3v) is 5.76. The van der Waals surface area contributed by atoms with Crippen molar-refractivity contribution in [3.8, 4) is 0 Å². The first-order valence-corrected chi connectivity index (χ1v) is 10.9. The molecular weight excluding hydrogens is 304 g/mol. The standard InChI is InChI=1S/C23H39N2/c1-3-4-5-6-7-8-9-10-11-12-13-21-18-24-23(25-19-21)22-16-14-20(2)15-17-22/h18-20,22H,2-17H2,1H3. The van der Waals surface area contributed by atoms with Crippen molar-refractivity contribution in [2.75, 3.05) is 0 Å². The molecule has 1 aromatic rings. The summed E-state index contributed by atoms with van der Waals surface area (Å²) in [7, 11) is 0. The Kier molecular flexibility index (Phi) is 10.1. The molecule has 0 saturated heterocycles. The highest BCUT2D eigenvalue weighted by atomic mass is 14.9. The third-order valence-electron chi connectivity index (χ3n) is 5.76. The van der Waals surface area contributed by atoms with Gasteiger partial charge in [-0.05, 0) is 50.0 Å². The first-order chi connectivity index (χ1) is 12.3. The molecule has 0 spiro atoms. The molecule has 0 atom stereocenters. The Morgan fingerprint density at radius 1 is 0.800 bits per heavy atom. The lowest BCUT2D eigenvalue weighted by atomic mass is 9.82. The molecule has 0 aliphatic heterocycles. The molecule has 0 aromatic carbocycles. The van der Waals surface area contributed by atoms with Gasteiger partial charge in [0, 0.05) is 18.3 Å². The van der Waals surface area contributed by atoms with Gasteiger partial charge >= 0.3 is 0 Å². The quantitative estimate of drug-likeness (QED) is 0.380. The van der Waals surface area contributed by atoms with Crippen LogP contribution in [0.1, 0.15) is 114 Å². The van der Waals surface area contributed by atoms with E-state index in [0.717, 1.165) is 12.2 Å². The Morgan fingerprint density at radius 3 is 1.88 bits per heavy atom. The SMILES string of the molecule is [CH2]C1CCC(c2ncc(CCCCCCCCCCCC)cn2)CC1. The molecule has 141 valence electrons. The lowest BCUT2D eigenvalue weighted by molar-refractivity contribution is 0.363. The van der Waals surface area contributed by atoms with E-state index < -0.39 is 0 Å². The Morgan fingerprint density at radius 2 is 1.32 bits per heavy atom. The van der Waals surface area contributed by atoms with E-state index in [1.54, 1.807) is 0 Å². The summed E-state index contributed by atoms with van der Waals surface area (Å²) in [5, 5.41) is 0. The number of nitrogens with zero attached hydrogens (tertiary/aromatic N) is 2. The first-order valence-electron chi connectivity index (χ1n) is 10.9. The fourth-order valence-corrected chi connectivity index (χ4v) is 3.94. The molecule has 1 aromatic heterocycles. The predicted molar refractivity (Wildman–Crippen MR) is 108 cm³/mol. The summed E-state index contributed by atoms with van der Waals surface area (Å²) in [6.45, 7) is 6.46. The van der Waals surface area contributed by atoms with Gasteiger partial charge in [-0.15, -0.1) is 0 Å². The van der Waals surface area contributed by atoms with Gasteiger partial charge in [0.05, 0.1) is 0 Å². The molecule has 1 saturated carbocycles. The van der Waals surface area contributed by atoms with Gasteiger partial charge in [0.1, 0.15) is 5.82 Å². The summed E-state index contributed by atoms with van der Waals surface area (Å²) in [6.07, 6.45) is 24.1. The van der Waals surface area contributed by atoms with Crippen molar-refractivity contribution in [2.24, 2.45) is 5.92 Å². The number of aromatic nitrogens is 2. The molecule has 1 aliphatic carbocycles. The molecule has 1 fully saturated rings. The van der Waals surface area contributed by atoms with E-state index in [-0.39, 0.29) is 0 Å². The molecule has 25 heavy (non-hydrogen) atoms. The van der Waals surface area contributed by atoms with Crippen molar-refractivity contribution in [3.63, 3.8) is 0 Å². The van der Waals surface area contributed by atoms with Crippen LogP contribution in [0.2, 0.25) is 0 Å². The largest absolute Gasteiger partial charge is 0.241 e. The Hall–Kier alpha value is -0.920. The van der Waals surface area contributed by atoms with E-state index in [4.69, 9.17) is 0 Å². The average molecular weight is 344 g/mol. The van der Waals surface area contributed by atoms with Crippen LogP contribution in [0.25, 0.3) is 0 Å². The van der Waals surface area contributed by atoms with Gasteiger partial charge in [0.15, 0.2) is 0 Å². The van der Waals surface area contributed by atoms with Crippen molar-refractivity contribution in [2.45, 2.75) is 109 Å². The first kappa shape index (κ1) is 20.4.